The fourth-order valence-electron chi connectivity index (χ4n) is 3.51. The second-order valence-electron chi connectivity index (χ2n) is 7.52. The second kappa shape index (κ2) is 9.42. The Hall–Kier alpha value is -3.08. The molecule has 33 heavy (non-hydrogen) atoms. The normalized spacial score (nSPS) is 14.8. The molecule has 4 rings (SSSR count). The number of amides is 1. The van der Waals surface area contributed by atoms with Crippen molar-refractivity contribution in [1.29, 1.82) is 0 Å². The van der Waals surface area contributed by atoms with Crippen LogP contribution in [0, 0.1) is 12.7 Å². The minimum Gasteiger partial charge on any atom is -0.267 e. The summed E-state index contributed by atoms with van der Waals surface area (Å²) in [5.74, 6) is -0.940. The molecule has 0 unspecified atom stereocenters. The Morgan fingerprint density at radius 3 is 2.58 bits per heavy atom. The van der Waals surface area contributed by atoms with Gasteiger partial charge >= 0.3 is 0 Å². The molecule has 1 N–H and O–H groups in total. The third-order valence-electron chi connectivity index (χ3n) is 5.28. The molecule has 0 atom stereocenters. The van der Waals surface area contributed by atoms with E-state index in [1.54, 1.807) is 19.1 Å². The maximum atomic E-state index is 13.2. The van der Waals surface area contributed by atoms with E-state index in [-0.39, 0.29) is 21.4 Å². The number of sulfonamides is 1. The molecular formula is C22H21ClFN5O3S. The Bertz CT molecular complexity index is 1320. The fraction of sp³-hybridized carbons (Fsp3) is 0.227. The molecule has 172 valence electrons. The van der Waals surface area contributed by atoms with Gasteiger partial charge in [-0.1, -0.05) is 17.7 Å². The smallest absolute Gasteiger partial charge is 0.267 e. The van der Waals surface area contributed by atoms with Crippen LogP contribution in [0.4, 0.5) is 4.39 Å². The summed E-state index contributed by atoms with van der Waals surface area (Å²) < 4.78 is 41.5. The van der Waals surface area contributed by atoms with Gasteiger partial charge in [-0.15, -0.1) is 0 Å². The highest BCUT2D eigenvalue weighted by atomic mass is 35.5. The van der Waals surface area contributed by atoms with E-state index in [4.69, 9.17) is 11.6 Å². The van der Waals surface area contributed by atoms with Gasteiger partial charge in [-0.25, -0.2) is 22.9 Å². The van der Waals surface area contributed by atoms with Crippen LogP contribution in [0.15, 0.2) is 58.5 Å². The summed E-state index contributed by atoms with van der Waals surface area (Å²) in [5, 5.41) is 8.52. The molecular weight excluding hydrogens is 469 g/mol. The molecule has 0 radical (unpaired) electrons. The number of aryl methyl sites for hydroxylation is 1. The number of carbonyl (C=O) groups excluding carboxylic acids is 1. The standard InChI is InChI=1S/C22H21ClFN5O3S/c1-15-20(21(23)29(27-15)18-9-7-17(24)8-10-18)14-25-26-22(30)16-5-4-6-19(13-16)33(31,32)28-11-2-3-12-28/h4-10,13-14H,2-3,11-12H2,1H3,(H,26,30). The van der Waals surface area contributed by atoms with Crippen LogP contribution >= 0.6 is 11.6 Å². The first-order valence-corrected chi connectivity index (χ1v) is 12.0. The van der Waals surface area contributed by atoms with Gasteiger partial charge in [0.05, 0.1) is 28.1 Å². The zero-order chi connectivity index (χ0) is 23.6. The molecule has 8 nitrogen and oxygen atoms in total. The highest BCUT2D eigenvalue weighted by Crippen LogP contribution is 2.23. The van der Waals surface area contributed by atoms with Crippen LogP contribution in [0.3, 0.4) is 0 Å². The van der Waals surface area contributed by atoms with Gasteiger partial charge in [0.2, 0.25) is 10.0 Å². The number of nitrogens with zero attached hydrogens (tertiary/aromatic N) is 4. The molecule has 3 aromatic rings. The monoisotopic (exact) mass is 489 g/mol. The SMILES string of the molecule is Cc1nn(-c2ccc(F)cc2)c(Cl)c1C=NNC(=O)c1cccc(S(=O)(=O)N2CCCC2)c1. The summed E-state index contributed by atoms with van der Waals surface area (Å²) in [7, 11) is -3.63. The maximum Gasteiger partial charge on any atom is 0.271 e. The number of carbonyl (C=O) groups is 1. The van der Waals surface area contributed by atoms with E-state index in [0.29, 0.717) is 30.0 Å². The molecule has 0 spiro atoms. The Labute approximate surface area is 195 Å². The topological polar surface area (TPSA) is 96.7 Å². The minimum atomic E-state index is -3.63. The predicted molar refractivity (Wildman–Crippen MR) is 123 cm³/mol. The molecule has 11 heteroatoms. The molecule has 0 aliphatic carbocycles. The van der Waals surface area contributed by atoms with Crippen molar-refractivity contribution in [3.8, 4) is 5.69 Å². The number of halogens is 2. The molecule has 1 aliphatic rings. The van der Waals surface area contributed by atoms with Gasteiger partial charge in [-0.05, 0) is 62.2 Å². The van der Waals surface area contributed by atoms with Crippen LogP contribution in [-0.4, -0.2) is 47.7 Å². The summed E-state index contributed by atoms with van der Waals surface area (Å²) in [4.78, 5) is 12.6. The van der Waals surface area contributed by atoms with Gasteiger partial charge in [-0.2, -0.15) is 14.5 Å². The third kappa shape index (κ3) is 4.82. The lowest BCUT2D eigenvalue weighted by molar-refractivity contribution is 0.0955. The lowest BCUT2D eigenvalue weighted by Gasteiger charge is -2.15. The van der Waals surface area contributed by atoms with Crippen LogP contribution in [0.2, 0.25) is 5.15 Å². The van der Waals surface area contributed by atoms with Gasteiger partial charge in [0.1, 0.15) is 11.0 Å². The molecule has 2 heterocycles. The first kappa shape index (κ1) is 23.1. The van der Waals surface area contributed by atoms with Crippen LogP contribution in [0.1, 0.15) is 34.5 Å². The summed E-state index contributed by atoms with van der Waals surface area (Å²) >= 11 is 6.40. The van der Waals surface area contributed by atoms with Gasteiger partial charge < -0.3 is 0 Å². The first-order chi connectivity index (χ1) is 15.8. The molecule has 1 aliphatic heterocycles. The molecule has 0 bridgehead atoms. The number of hydrazone groups is 1. The molecule has 1 fully saturated rings. The summed E-state index contributed by atoms with van der Waals surface area (Å²) in [6, 6.07) is 11.5. The number of benzene rings is 2. The summed E-state index contributed by atoms with van der Waals surface area (Å²) in [6.07, 6.45) is 3.01. The molecule has 1 amide bonds. The number of nitrogens with one attached hydrogen (secondary N) is 1. The second-order valence-corrected chi connectivity index (χ2v) is 9.81. The zero-order valence-corrected chi connectivity index (χ0v) is 19.3. The van der Waals surface area contributed by atoms with E-state index in [0.717, 1.165) is 12.8 Å². The Morgan fingerprint density at radius 1 is 1.18 bits per heavy atom. The van der Waals surface area contributed by atoms with E-state index >= 15 is 0 Å². The highest BCUT2D eigenvalue weighted by molar-refractivity contribution is 7.89. The van der Waals surface area contributed by atoms with E-state index in [1.165, 1.54) is 51.6 Å². The predicted octanol–water partition coefficient (Wildman–Crippen LogP) is 3.52. The average molecular weight is 490 g/mol. The highest BCUT2D eigenvalue weighted by Gasteiger charge is 2.27. The van der Waals surface area contributed by atoms with E-state index < -0.39 is 15.9 Å². The van der Waals surface area contributed by atoms with E-state index in [1.807, 2.05) is 0 Å². The van der Waals surface area contributed by atoms with Crippen LogP contribution in [0.5, 0.6) is 0 Å². The minimum absolute atomic E-state index is 0.0699. The first-order valence-electron chi connectivity index (χ1n) is 10.2. The van der Waals surface area contributed by atoms with Crippen molar-refractivity contribution >= 4 is 33.7 Å². The lowest BCUT2D eigenvalue weighted by atomic mass is 10.2. The van der Waals surface area contributed by atoms with Crippen molar-refractivity contribution in [1.82, 2.24) is 19.5 Å². The molecule has 2 aromatic carbocycles. The van der Waals surface area contributed by atoms with Crippen LogP contribution < -0.4 is 5.43 Å². The average Bonchev–Trinajstić information content (AvgIpc) is 3.45. The molecule has 0 saturated carbocycles. The van der Waals surface area contributed by atoms with Gasteiger partial charge in [-0.3, -0.25) is 4.79 Å². The Morgan fingerprint density at radius 2 is 1.88 bits per heavy atom. The summed E-state index contributed by atoms with van der Waals surface area (Å²) in [5.41, 5.74) is 4.16. The number of hydrogen-bond acceptors (Lipinski definition) is 5. The van der Waals surface area contributed by atoms with Crippen LogP contribution in [-0.2, 0) is 10.0 Å². The number of aromatic nitrogens is 2. The van der Waals surface area contributed by atoms with Gasteiger partial charge in [0, 0.05) is 18.7 Å². The fourth-order valence-corrected chi connectivity index (χ4v) is 5.39. The van der Waals surface area contributed by atoms with Crippen LogP contribution in [0.25, 0.3) is 5.69 Å². The van der Waals surface area contributed by atoms with Gasteiger partial charge in [0.25, 0.3) is 5.91 Å². The van der Waals surface area contributed by atoms with Crippen molar-refractivity contribution in [2.45, 2.75) is 24.7 Å². The molecule has 1 saturated heterocycles. The van der Waals surface area contributed by atoms with Crippen molar-refractivity contribution in [3.63, 3.8) is 0 Å². The summed E-state index contributed by atoms with van der Waals surface area (Å²) in [6.45, 7) is 2.69. The zero-order valence-electron chi connectivity index (χ0n) is 17.7. The van der Waals surface area contributed by atoms with E-state index in [2.05, 4.69) is 15.6 Å². The Kier molecular flexibility index (Phi) is 6.59. The van der Waals surface area contributed by atoms with Crippen molar-refractivity contribution in [3.05, 3.63) is 76.3 Å². The third-order valence-corrected chi connectivity index (χ3v) is 7.54. The lowest BCUT2D eigenvalue weighted by Crippen LogP contribution is -2.28. The largest absolute Gasteiger partial charge is 0.271 e. The van der Waals surface area contributed by atoms with E-state index in [9.17, 15) is 17.6 Å². The maximum absolute atomic E-state index is 13.2. The Balaban J connectivity index is 1.49. The number of hydrogen-bond donors (Lipinski definition) is 1. The van der Waals surface area contributed by atoms with Crippen molar-refractivity contribution in [2.75, 3.05) is 13.1 Å². The van der Waals surface area contributed by atoms with Gasteiger partial charge in [0.15, 0.2) is 0 Å². The van der Waals surface area contributed by atoms with Crippen molar-refractivity contribution < 1.29 is 17.6 Å². The van der Waals surface area contributed by atoms with Crippen molar-refractivity contribution in [2.24, 2.45) is 5.10 Å². The molecule has 1 aromatic heterocycles. The number of rotatable bonds is 6. The quantitative estimate of drug-likeness (QED) is 0.423.